The first-order chi connectivity index (χ1) is 26.5. The number of carbonyl (C=O) groups is 3. The molecule has 3 N–H and O–H groups in total. The SMILES string of the molecule is COc1ccc([Si](C)(C)[C@@H]2[C@@H](CC(=O)N3Cc4ccccc4C[C@H]3CO)O[C@]3(C(=O)N(C)c4ccc(NC(=O)Cc5c[nH]c6ccccc56)cc43)[C@H]2C)cc1. The van der Waals surface area contributed by atoms with Crippen molar-refractivity contribution in [1.29, 1.82) is 0 Å². The van der Waals surface area contributed by atoms with Crippen LogP contribution in [0.15, 0.2) is 97.2 Å². The molecule has 4 heterocycles. The summed E-state index contributed by atoms with van der Waals surface area (Å²) in [6.07, 6.45) is 2.10. The van der Waals surface area contributed by atoms with Crippen LogP contribution in [0.25, 0.3) is 10.9 Å². The Morgan fingerprint density at radius 3 is 2.49 bits per heavy atom. The highest BCUT2D eigenvalue weighted by Gasteiger charge is 2.66. The van der Waals surface area contributed by atoms with Crippen LogP contribution >= 0.6 is 0 Å². The molecule has 0 radical (unpaired) electrons. The van der Waals surface area contributed by atoms with Crippen molar-refractivity contribution >= 4 is 53.3 Å². The Morgan fingerprint density at radius 2 is 1.75 bits per heavy atom. The van der Waals surface area contributed by atoms with E-state index in [1.165, 1.54) is 5.19 Å². The van der Waals surface area contributed by atoms with E-state index in [1.54, 1.807) is 24.0 Å². The zero-order valence-corrected chi connectivity index (χ0v) is 33.0. The largest absolute Gasteiger partial charge is 0.497 e. The number of nitrogens with one attached hydrogen (secondary N) is 2. The van der Waals surface area contributed by atoms with Crippen molar-refractivity contribution in [2.24, 2.45) is 5.92 Å². The third-order valence-electron chi connectivity index (χ3n) is 12.5. The Hall–Kier alpha value is -5.23. The first kappa shape index (κ1) is 36.7. The molecule has 1 spiro atoms. The number of aliphatic hydroxyl groups is 1. The molecule has 10 nitrogen and oxygen atoms in total. The van der Waals surface area contributed by atoms with Crippen molar-refractivity contribution in [3.8, 4) is 5.75 Å². The monoisotopic (exact) mass is 756 g/mol. The first-order valence-corrected chi connectivity index (χ1v) is 22.1. The fraction of sp³-hybridized carbons (Fsp3) is 0.341. The molecule has 5 atom stereocenters. The highest BCUT2D eigenvalue weighted by molar-refractivity contribution is 6.91. The minimum atomic E-state index is -2.52. The van der Waals surface area contributed by atoms with Crippen molar-refractivity contribution < 1.29 is 29.0 Å². The van der Waals surface area contributed by atoms with Gasteiger partial charge in [-0.2, -0.15) is 0 Å². The number of benzene rings is 4. The highest BCUT2D eigenvalue weighted by atomic mass is 28.3. The minimum Gasteiger partial charge on any atom is -0.497 e. The average Bonchev–Trinajstić information content (AvgIpc) is 3.80. The van der Waals surface area contributed by atoms with Crippen LogP contribution in [0.3, 0.4) is 0 Å². The fourth-order valence-corrected chi connectivity index (χ4v) is 13.7. The van der Waals surface area contributed by atoms with Gasteiger partial charge in [0.2, 0.25) is 11.8 Å². The molecule has 8 rings (SSSR count). The smallest absolute Gasteiger partial charge is 0.264 e. The number of hydrogen-bond acceptors (Lipinski definition) is 6. The topological polar surface area (TPSA) is 124 Å². The highest BCUT2D eigenvalue weighted by Crippen LogP contribution is 2.60. The van der Waals surface area contributed by atoms with Gasteiger partial charge in [-0.05, 0) is 65.1 Å². The number of likely N-dealkylation sites (N-methyl/N-ethyl adjacent to an activating group) is 1. The lowest BCUT2D eigenvalue weighted by molar-refractivity contribution is -0.150. The molecule has 1 fully saturated rings. The lowest BCUT2D eigenvalue weighted by atomic mass is 9.82. The Labute approximate surface area is 322 Å². The van der Waals surface area contributed by atoms with Gasteiger partial charge in [-0.3, -0.25) is 14.4 Å². The zero-order valence-electron chi connectivity index (χ0n) is 32.0. The number of anilines is 2. The predicted octanol–water partition coefficient (Wildman–Crippen LogP) is 5.89. The lowest BCUT2D eigenvalue weighted by Crippen LogP contribution is -2.52. The number of fused-ring (bicyclic) bond motifs is 4. The molecule has 0 saturated carbocycles. The van der Waals surface area contributed by atoms with Gasteiger partial charge in [0.15, 0.2) is 5.60 Å². The van der Waals surface area contributed by atoms with Gasteiger partial charge in [-0.1, -0.05) is 79.8 Å². The number of para-hydroxylation sites is 1. The summed E-state index contributed by atoms with van der Waals surface area (Å²) in [5, 5.41) is 15.7. The molecular formula is C44H48N4O6Si. The number of nitrogens with zero attached hydrogens (tertiary/aromatic N) is 2. The number of aliphatic hydroxyl groups excluding tert-OH is 1. The van der Waals surface area contributed by atoms with Gasteiger partial charge in [0.1, 0.15) is 5.75 Å². The van der Waals surface area contributed by atoms with Crippen LogP contribution in [0.4, 0.5) is 11.4 Å². The number of aromatic amines is 1. The second-order valence-corrected chi connectivity index (χ2v) is 20.6. The molecule has 55 heavy (non-hydrogen) atoms. The molecule has 1 saturated heterocycles. The number of carbonyl (C=O) groups excluding carboxylic acids is 3. The summed E-state index contributed by atoms with van der Waals surface area (Å²) in [5.74, 6) is -0.0267. The van der Waals surface area contributed by atoms with Crippen LogP contribution in [0, 0.1) is 5.92 Å². The summed E-state index contributed by atoms with van der Waals surface area (Å²) >= 11 is 0. The number of ether oxygens (including phenoxy) is 2. The minimum absolute atomic E-state index is 0.0649. The Balaban J connectivity index is 1.15. The third-order valence-corrected chi connectivity index (χ3v) is 16.9. The number of aromatic nitrogens is 1. The van der Waals surface area contributed by atoms with Gasteiger partial charge in [0.25, 0.3) is 5.91 Å². The predicted molar refractivity (Wildman–Crippen MR) is 216 cm³/mol. The van der Waals surface area contributed by atoms with Crippen molar-refractivity contribution in [2.75, 3.05) is 31.0 Å². The van der Waals surface area contributed by atoms with Crippen molar-refractivity contribution in [1.82, 2.24) is 9.88 Å². The van der Waals surface area contributed by atoms with Crippen LogP contribution in [0.5, 0.6) is 5.75 Å². The molecule has 4 aromatic carbocycles. The Morgan fingerprint density at radius 1 is 1.02 bits per heavy atom. The number of amides is 3. The molecule has 0 unspecified atom stereocenters. The maximum Gasteiger partial charge on any atom is 0.264 e. The van der Waals surface area contributed by atoms with Gasteiger partial charge >= 0.3 is 0 Å². The van der Waals surface area contributed by atoms with E-state index in [1.807, 2.05) is 79.0 Å². The van der Waals surface area contributed by atoms with E-state index in [9.17, 15) is 19.5 Å². The summed E-state index contributed by atoms with van der Waals surface area (Å²) in [6, 6.07) is 29.3. The van der Waals surface area contributed by atoms with Crippen LogP contribution in [0.1, 0.15) is 35.6 Å². The quantitative estimate of drug-likeness (QED) is 0.161. The van der Waals surface area contributed by atoms with Gasteiger partial charge < -0.3 is 34.7 Å². The van der Waals surface area contributed by atoms with Gasteiger partial charge in [-0.15, -0.1) is 0 Å². The number of hydrogen-bond donors (Lipinski definition) is 3. The van der Waals surface area contributed by atoms with Crippen molar-refractivity contribution in [2.45, 2.75) is 69.1 Å². The Bertz CT molecular complexity index is 2290. The normalized spacial score (nSPS) is 23.3. The molecule has 0 bridgehead atoms. The van der Waals surface area contributed by atoms with E-state index in [0.717, 1.165) is 33.3 Å². The molecular weight excluding hydrogens is 709 g/mol. The van der Waals surface area contributed by atoms with Gasteiger partial charge in [0.05, 0.1) is 52.5 Å². The maximum absolute atomic E-state index is 14.7. The van der Waals surface area contributed by atoms with Crippen LogP contribution in [-0.2, 0) is 44.1 Å². The van der Waals surface area contributed by atoms with Gasteiger partial charge in [0, 0.05) is 47.9 Å². The van der Waals surface area contributed by atoms with Crippen LogP contribution in [-0.4, -0.2) is 73.7 Å². The van der Waals surface area contributed by atoms with Crippen LogP contribution < -0.4 is 20.1 Å². The van der Waals surface area contributed by atoms with E-state index >= 15 is 0 Å². The first-order valence-electron chi connectivity index (χ1n) is 19.0. The molecule has 0 aliphatic carbocycles. The fourth-order valence-electron chi connectivity index (χ4n) is 9.68. The number of rotatable bonds is 9. The van der Waals surface area contributed by atoms with E-state index < -0.39 is 19.8 Å². The third kappa shape index (κ3) is 6.14. The molecule has 5 aromatic rings. The van der Waals surface area contributed by atoms with E-state index in [4.69, 9.17) is 9.47 Å². The summed E-state index contributed by atoms with van der Waals surface area (Å²) in [4.78, 5) is 49.4. The van der Waals surface area contributed by atoms with Crippen molar-refractivity contribution in [3.05, 3.63) is 119 Å². The zero-order chi connectivity index (χ0) is 38.6. The molecule has 3 aliphatic rings. The number of H-pyrrole nitrogens is 1. The van der Waals surface area contributed by atoms with E-state index in [0.29, 0.717) is 29.9 Å². The molecule has 3 amide bonds. The van der Waals surface area contributed by atoms with E-state index in [-0.39, 0.29) is 54.7 Å². The van der Waals surface area contributed by atoms with Gasteiger partial charge in [-0.25, -0.2) is 0 Å². The second-order valence-electron chi connectivity index (χ2n) is 15.9. The maximum atomic E-state index is 14.7. The summed E-state index contributed by atoms with van der Waals surface area (Å²) < 4.78 is 12.7. The van der Waals surface area contributed by atoms with Crippen molar-refractivity contribution in [3.63, 3.8) is 0 Å². The number of methoxy groups -OCH3 is 1. The average molecular weight is 757 g/mol. The van der Waals surface area contributed by atoms with E-state index in [2.05, 4.69) is 48.5 Å². The summed E-state index contributed by atoms with van der Waals surface area (Å²) in [6.45, 7) is 6.92. The second kappa shape index (κ2) is 14.1. The summed E-state index contributed by atoms with van der Waals surface area (Å²) in [5.41, 5.74) is 4.53. The molecule has 284 valence electrons. The lowest BCUT2D eigenvalue weighted by Gasteiger charge is -2.39. The summed E-state index contributed by atoms with van der Waals surface area (Å²) in [7, 11) is 0.891. The molecule has 11 heteroatoms. The van der Waals surface area contributed by atoms with Crippen LogP contribution in [0.2, 0.25) is 18.6 Å². The molecule has 1 aromatic heterocycles. The Kier molecular flexibility index (Phi) is 9.43. The standard InChI is InChI=1S/C44H48N4O6Si/c1-27-42(55(4,5)34-17-15-33(53-3)16-18-34)39(23-41(51)48-25-29-11-7-6-10-28(29)20-32(48)26-49)54-44(27)36-22-31(14-19-38(36)47(2)43(44)52)46-40(50)21-30-24-45-37-13-9-8-12-35(30)37/h6-19,22,24,27,32,39,42,45,49H,20-21,23,25-26H2,1-5H3,(H,46,50)/t27-,32-,39+,42-,44+/m0/s1. The molecule has 3 aliphatic heterocycles.